The van der Waals surface area contributed by atoms with Gasteiger partial charge >= 0.3 is 0 Å². The van der Waals surface area contributed by atoms with E-state index < -0.39 is 0 Å². The van der Waals surface area contributed by atoms with Crippen LogP contribution in [0.3, 0.4) is 0 Å². The molecule has 3 rings (SSSR count). The van der Waals surface area contributed by atoms with Gasteiger partial charge in [-0.1, -0.05) is 17.7 Å². The molecule has 0 aliphatic carbocycles. The summed E-state index contributed by atoms with van der Waals surface area (Å²) in [6, 6.07) is 5.31. The minimum atomic E-state index is -0.188. The van der Waals surface area contributed by atoms with Crippen molar-refractivity contribution in [3.63, 3.8) is 0 Å². The van der Waals surface area contributed by atoms with Crippen LogP contribution in [0.1, 0.15) is 21.5 Å². The van der Waals surface area contributed by atoms with Gasteiger partial charge in [0.05, 0.1) is 12.5 Å². The molecule has 2 aromatic rings. The zero-order chi connectivity index (χ0) is 14.1. The second kappa shape index (κ2) is 5.42. The molecule has 4 nitrogen and oxygen atoms in total. The maximum Gasteiger partial charge on any atom is 0.227 e. The summed E-state index contributed by atoms with van der Waals surface area (Å²) in [7, 11) is 0. The SMILES string of the molecule is Cc1cnc(CC(=O)NC2COc3cccc(Cl)c32)s1. The first-order valence-electron chi connectivity index (χ1n) is 6.25. The summed E-state index contributed by atoms with van der Waals surface area (Å²) in [5, 5.41) is 4.39. The molecule has 0 fully saturated rings. The second-order valence-corrected chi connectivity index (χ2v) is 6.35. The number of hydrogen-bond acceptors (Lipinski definition) is 4. The van der Waals surface area contributed by atoms with Crippen LogP contribution in [0.2, 0.25) is 5.02 Å². The van der Waals surface area contributed by atoms with E-state index >= 15 is 0 Å². The third-order valence-corrected chi connectivity index (χ3v) is 4.33. The Hall–Kier alpha value is -1.59. The predicted octanol–water partition coefficient (Wildman–Crippen LogP) is 2.90. The molecule has 20 heavy (non-hydrogen) atoms. The number of thiazole rings is 1. The minimum Gasteiger partial charge on any atom is -0.491 e. The molecule has 2 heterocycles. The summed E-state index contributed by atoms with van der Waals surface area (Å²) in [5.41, 5.74) is 0.859. The Morgan fingerprint density at radius 1 is 1.60 bits per heavy atom. The molecule has 0 radical (unpaired) electrons. The number of halogens is 1. The Labute approximate surface area is 125 Å². The first-order valence-corrected chi connectivity index (χ1v) is 7.45. The number of aromatic nitrogens is 1. The zero-order valence-electron chi connectivity index (χ0n) is 10.9. The topological polar surface area (TPSA) is 51.2 Å². The number of nitrogens with one attached hydrogen (secondary N) is 1. The highest BCUT2D eigenvalue weighted by Crippen LogP contribution is 2.37. The van der Waals surface area contributed by atoms with Crippen molar-refractivity contribution >= 4 is 28.8 Å². The summed E-state index contributed by atoms with van der Waals surface area (Å²) in [4.78, 5) is 17.4. The number of ether oxygens (including phenoxy) is 1. The van der Waals surface area contributed by atoms with Gasteiger partial charge in [-0.2, -0.15) is 0 Å². The van der Waals surface area contributed by atoms with Crippen molar-refractivity contribution in [3.8, 4) is 5.75 Å². The maximum atomic E-state index is 12.1. The Morgan fingerprint density at radius 2 is 2.45 bits per heavy atom. The van der Waals surface area contributed by atoms with Gasteiger partial charge in [0.25, 0.3) is 0 Å². The molecule has 1 N–H and O–H groups in total. The molecule has 6 heteroatoms. The molecule has 1 aliphatic rings. The summed E-state index contributed by atoms with van der Waals surface area (Å²) in [6.45, 7) is 2.39. The average Bonchev–Trinajstić information content (AvgIpc) is 2.97. The van der Waals surface area contributed by atoms with Crippen molar-refractivity contribution < 1.29 is 9.53 Å². The van der Waals surface area contributed by atoms with Gasteiger partial charge in [0, 0.05) is 21.7 Å². The van der Waals surface area contributed by atoms with Crippen LogP contribution in [0.5, 0.6) is 5.75 Å². The zero-order valence-corrected chi connectivity index (χ0v) is 12.4. The highest BCUT2D eigenvalue weighted by atomic mass is 35.5. The normalized spacial score (nSPS) is 16.6. The molecule has 0 saturated heterocycles. The van der Waals surface area contributed by atoms with E-state index in [2.05, 4.69) is 10.3 Å². The van der Waals surface area contributed by atoms with Gasteiger partial charge in [0.2, 0.25) is 5.91 Å². The van der Waals surface area contributed by atoms with E-state index in [4.69, 9.17) is 16.3 Å². The highest BCUT2D eigenvalue weighted by Gasteiger charge is 2.28. The van der Waals surface area contributed by atoms with E-state index in [0.29, 0.717) is 11.6 Å². The lowest BCUT2D eigenvalue weighted by Gasteiger charge is -2.12. The fraction of sp³-hybridized carbons (Fsp3) is 0.286. The summed E-state index contributed by atoms with van der Waals surface area (Å²) < 4.78 is 5.53. The number of benzene rings is 1. The lowest BCUT2D eigenvalue weighted by atomic mass is 10.1. The Bertz CT molecular complexity index is 656. The molecule has 1 aromatic carbocycles. The fourth-order valence-corrected chi connectivity index (χ4v) is 3.30. The molecule has 0 saturated carbocycles. The van der Waals surface area contributed by atoms with E-state index in [1.165, 1.54) is 11.3 Å². The van der Waals surface area contributed by atoms with E-state index in [1.807, 2.05) is 19.1 Å². The molecule has 104 valence electrons. The van der Waals surface area contributed by atoms with Crippen LogP contribution in [-0.2, 0) is 11.2 Å². The summed E-state index contributed by atoms with van der Waals surface area (Å²) in [6.07, 6.45) is 2.06. The average molecular weight is 309 g/mol. The van der Waals surface area contributed by atoms with Crippen molar-refractivity contribution in [3.05, 3.63) is 44.9 Å². The van der Waals surface area contributed by atoms with Gasteiger partial charge in [-0.05, 0) is 19.1 Å². The van der Waals surface area contributed by atoms with E-state index in [1.54, 1.807) is 12.3 Å². The van der Waals surface area contributed by atoms with Crippen LogP contribution in [0.25, 0.3) is 0 Å². The van der Waals surface area contributed by atoms with Gasteiger partial charge in [0.15, 0.2) is 0 Å². The lowest BCUT2D eigenvalue weighted by Crippen LogP contribution is -2.30. The third-order valence-electron chi connectivity index (χ3n) is 3.08. The minimum absolute atomic E-state index is 0.0688. The van der Waals surface area contributed by atoms with Gasteiger partial charge in [0.1, 0.15) is 17.4 Å². The molecule has 1 unspecified atom stereocenters. The number of aryl methyl sites for hydroxylation is 1. The maximum absolute atomic E-state index is 12.1. The van der Waals surface area contributed by atoms with Gasteiger partial charge in [-0.25, -0.2) is 4.98 Å². The quantitative estimate of drug-likeness (QED) is 0.948. The fourth-order valence-electron chi connectivity index (χ4n) is 2.22. The number of fused-ring (bicyclic) bond motifs is 1. The van der Waals surface area contributed by atoms with Crippen LogP contribution in [0, 0.1) is 6.92 Å². The third kappa shape index (κ3) is 2.64. The number of carbonyl (C=O) groups excluding carboxylic acids is 1. The molecule has 0 bridgehead atoms. The van der Waals surface area contributed by atoms with Crippen molar-refractivity contribution in [2.24, 2.45) is 0 Å². The predicted molar refractivity (Wildman–Crippen MR) is 78.4 cm³/mol. The molecule has 1 amide bonds. The first-order chi connectivity index (χ1) is 9.63. The van der Waals surface area contributed by atoms with Crippen LogP contribution >= 0.6 is 22.9 Å². The van der Waals surface area contributed by atoms with E-state index in [0.717, 1.165) is 21.2 Å². The molecule has 1 aromatic heterocycles. The number of amides is 1. The number of rotatable bonds is 3. The van der Waals surface area contributed by atoms with Crippen LogP contribution < -0.4 is 10.1 Å². The van der Waals surface area contributed by atoms with Crippen molar-refractivity contribution in [2.45, 2.75) is 19.4 Å². The molecular weight excluding hydrogens is 296 g/mol. The number of carbonyl (C=O) groups is 1. The summed E-state index contributed by atoms with van der Waals surface area (Å²) in [5.74, 6) is 0.675. The van der Waals surface area contributed by atoms with Gasteiger partial charge in [-0.15, -0.1) is 11.3 Å². The van der Waals surface area contributed by atoms with Gasteiger partial charge < -0.3 is 10.1 Å². The Balaban J connectivity index is 1.69. The van der Waals surface area contributed by atoms with Crippen LogP contribution in [0.4, 0.5) is 0 Å². The van der Waals surface area contributed by atoms with E-state index in [-0.39, 0.29) is 18.4 Å². The summed E-state index contributed by atoms with van der Waals surface area (Å²) >= 11 is 7.70. The first kappa shape index (κ1) is 13.4. The smallest absolute Gasteiger partial charge is 0.227 e. The Kier molecular flexibility index (Phi) is 3.63. The molecule has 1 atom stereocenters. The van der Waals surface area contributed by atoms with E-state index in [9.17, 15) is 4.79 Å². The van der Waals surface area contributed by atoms with Crippen LogP contribution in [-0.4, -0.2) is 17.5 Å². The molecule has 0 spiro atoms. The monoisotopic (exact) mass is 308 g/mol. The largest absolute Gasteiger partial charge is 0.491 e. The molecular formula is C14H13ClN2O2S. The van der Waals surface area contributed by atoms with Crippen molar-refractivity contribution in [2.75, 3.05) is 6.61 Å². The Morgan fingerprint density at radius 3 is 3.20 bits per heavy atom. The van der Waals surface area contributed by atoms with Crippen LogP contribution in [0.15, 0.2) is 24.4 Å². The lowest BCUT2D eigenvalue weighted by molar-refractivity contribution is -0.121. The highest BCUT2D eigenvalue weighted by molar-refractivity contribution is 7.11. The second-order valence-electron chi connectivity index (χ2n) is 4.62. The molecule has 1 aliphatic heterocycles. The van der Waals surface area contributed by atoms with Crippen molar-refractivity contribution in [1.82, 2.24) is 10.3 Å². The number of nitrogens with zero attached hydrogens (tertiary/aromatic N) is 1. The van der Waals surface area contributed by atoms with Gasteiger partial charge in [-0.3, -0.25) is 4.79 Å². The van der Waals surface area contributed by atoms with Crippen molar-refractivity contribution in [1.29, 1.82) is 0 Å². The standard InChI is InChI=1S/C14H13ClN2O2S/c1-8-6-16-13(20-8)5-12(18)17-10-7-19-11-4-2-3-9(15)14(10)11/h2-4,6,10H,5,7H2,1H3,(H,17,18). The number of hydrogen-bond donors (Lipinski definition) is 1.